The molecule has 156 valence electrons. The van der Waals surface area contributed by atoms with Crippen LogP contribution in [-0.2, 0) is 14.8 Å². The molecule has 30 heavy (non-hydrogen) atoms. The van der Waals surface area contributed by atoms with Gasteiger partial charge in [-0.2, -0.15) is 0 Å². The van der Waals surface area contributed by atoms with Crippen molar-refractivity contribution in [2.75, 3.05) is 16.6 Å². The molecule has 3 rings (SSSR count). The van der Waals surface area contributed by atoms with Crippen molar-refractivity contribution in [3.63, 3.8) is 0 Å². The van der Waals surface area contributed by atoms with Crippen LogP contribution >= 0.6 is 0 Å². The molecular formula is C21H21N3O5S. The average molecular weight is 427 g/mol. The summed E-state index contributed by atoms with van der Waals surface area (Å²) in [5.74, 6) is 0.923. The van der Waals surface area contributed by atoms with E-state index in [1.54, 1.807) is 13.0 Å². The highest BCUT2D eigenvalue weighted by atomic mass is 32.2. The lowest BCUT2D eigenvalue weighted by Gasteiger charge is -2.07. The number of nitrogens with zero attached hydrogens (tertiary/aromatic N) is 1. The molecule has 1 aromatic heterocycles. The molecule has 2 N–H and O–H groups in total. The first-order chi connectivity index (χ1) is 14.4. The van der Waals surface area contributed by atoms with E-state index in [9.17, 15) is 13.2 Å². The van der Waals surface area contributed by atoms with Gasteiger partial charge in [0.1, 0.15) is 11.5 Å². The van der Waals surface area contributed by atoms with Gasteiger partial charge in [0, 0.05) is 23.4 Å². The molecule has 0 aliphatic heterocycles. The number of hydrogen-bond donors (Lipinski definition) is 2. The molecule has 8 nitrogen and oxygen atoms in total. The van der Waals surface area contributed by atoms with Gasteiger partial charge in [0.15, 0.2) is 5.82 Å². The third kappa shape index (κ3) is 5.48. The standard InChI is InChI=1S/C21H21N3O5S/c1-3-28-19-7-5-4-6-16(19)8-13-21(25)22-17-9-11-18(12-10-17)30(26,27)24-20-14-15(2)29-23-20/h4-14H,3H2,1-2H3,(H,22,25)(H,23,24)/b13-8+. The van der Waals surface area contributed by atoms with E-state index in [0.29, 0.717) is 23.8 Å². The van der Waals surface area contributed by atoms with Crippen molar-refractivity contribution >= 4 is 33.5 Å². The molecule has 1 heterocycles. The third-order valence-electron chi connectivity index (χ3n) is 3.93. The van der Waals surface area contributed by atoms with Gasteiger partial charge in [0.2, 0.25) is 5.91 Å². The SMILES string of the molecule is CCOc1ccccc1/C=C/C(=O)Nc1ccc(S(=O)(=O)Nc2cc(C)on2)cc1. The fraction of sp³-hybridized carbons (Fsp3) is 0.143. The van der Waals surface area contributed by atoms with Crippen molar-refractivity contribution in [2.24, 2.45) is 0 Å². The number of rotatable bonds is 8. The minimum absolute atomic E-state index is 0.0299. The Morgan fingerprint density at radius 2 is 1.90 bits per heavy atom. The van der Waals surface area contributed by atoms with E-state index in [2.05, 4.69) is 15.2 Å². The van der Waals surface area contributed by atoms with Crippen molar-refractivity contribution in [3.05, 3.63) is 72.0 Å². The molecule has 3 aromatic rings. The smallest absolute Gasteiger partial charge is 0.263 e. The van der Waals surface area contributed by atoms with Gasteiger partial charge in [-0.1, -0.05) is 23.4 Å². The largest absolute Gasteiger partial charge is 0.493 e. The molecule has 0 saturated heterocycles. The monoisotopic (exact) mass is 427 g/mol. The van der Waals surface area contributed by atoms with E-state index < -0.39 is 10.0 Å². The van der Waals surface area contributed by atoms with Crippen LogP contribution in [0.3, 0.4) is 0 Å². The molecule has 0 radical (unpaired) electrons. The van der Waals surface area contributed by atoms with Crippen LogP contribution in [0.15, 0.2) is 70.1 Å². The predicted octanol–water partition coefficient (Wildman–Crippen LogP) is 3.83. The number of ether oxygens (including phenoxy) is 1. The Morgan fingerprint density at radius 1 is 1.17 bits per heavy atom. The number of benzene rings is 2. The summed E-state index contributed by atoms with van der Waals surface area (Å²) < 4.78 is 37.5. The number of carbonyl (C=O) groups is 1. The summed E-state index contributed by atoms with van der Waals surface area (Å²) in [4.78, 5) is 12.2. The first kappa shape index (κ1) is 21.1. The number of carbonyl (C=O) groups excluding carboxylic acids is 1. The first-order valence-electron chi connectivity index (χ1n) is 9.14. The van der Waals surface area contributed by atoms with Crippen LogP contribution in [0.5, 0.6) is 5.75 Å². The number of aromatic nitrogens is 1. The van der Waals surface area contributed by atoms with E-state index in [1.165, 1.54) is 36.4 Å². The molecule has 0 spiro atoms. The zero-order valence-corrected chi connectivity index (χ0v) is 17.3. The Bertz CT molecular complexity index is 1150. The maximum atomic E-state index is 12.4. The first-order valence-corrected chi connectivity index (χ1v) is 10.6. The molecule has 9 heteroatoms. The fourth-order valence-electron chi connectivity index (χ4n) is 2.58. The zero-order valence-electron chi connectivity index (χ0n) is 16.5. The van der Waals surface area contributed by atoms with Crippen LogP contribution < -0.4 is 14.8 Å². The second-order valence-corrected chi connectivity index (χ2v) is 7.93. The van der Waals surface area contributed by atoms with E-state index in [1.807, 2.05) is 31.2 Å². The second kappa shape index (κ2) is 9.27. The van der Waals surface area contributed by atoms with Crippen molar-refractivity contribution in [1.29, 1.82) is 0 Å². The number of hydrogen-bond acceptors (Lipinski definition) is 6. The molecule has 1 amide bonds. The fourth-order valence-corrected chi connectivity index (χ4v) is 3.57. The van der Waals surface area contributed by atoms with Crippen LogP contribution in [0.4, 0.5) is 11.5 Å². The Hall–Kier alpha value is -3.59. The number of amides is 1. The maximum Gasteiger partial charge on any atom is 0.263 e. The molecule has 0 unspecified atom stereocenters. The Kier molecular flexibility index (Phi) is 6.53. The minimum atomic E-state index is -3.81. The van der Waals surface area contributed by atoms with E-state index in [0.717, 1.165) is 5.56 Å². The van der Waals surface area contributed by atoms with Gasteiger partial charge in [0.25, 0.3) is 10.0 Å². The van der Waals surface area contributed by atoms with Gasteiger partial charge in [-0.15, -0.1) is 0 Å². The third-order valence-corrected chi connectivity index (χ3v) is 5.30. The molecule has 0 atom stereocenters. The van der Waals surface area contributed by atoms with Crippen molar-refractivity contribution in [1.82, 2.24) is 5.16 Å². The van der Waals surface area contributed by atoms with Gasteiger partial charge >= 0.3 is 0 Å². The Balaban J connectivity index is 1.64. The molecule has 0 fully saturated rings. The lowest BCUT2D eigenvalue weighted by Crippen LogP contribution is -2.13. The lowest BCUT2D eigenvalue weighted by molar-refractivity contribution is -0.111. The van der Waals surface area contributed by atoms with Gasteiger partial charge in [-0.3, -0.25) is 9.52 Å². The van der Waals surface area contributed by atoms with Gasteiger partial charge in [0.05, 0.1) is 11.5 Å². The summed E-state index contributed by atoms with van der Waals surface area (Å²) in [5, 5.41) is 6.29. The summed E-state index contributed by atoms with van der Waals surface area (Å²) in [6, 6.07) is 14.6. The molecule has 0 aliphatic rings. The molecule has 0 bridgehead atoms. The second-order valence-electron chi connectivity index (χ2n) is 6.25. The normalized spacial score (nSPS) is 11.4. The van der Waals surface area contributed by atoms with E-state index >= 15 is 0 Å². The predicted molar refractivity (Wildman–Crippen MR) is 114 cm³/mol. The summed E-state index contributed by atoms with van der Waals surface area (Å²) >= 11 is 0. The molecule has 2 aromatic carbocycles. The van der Waals surface area contributed by atoms with Gasteiger partial charge < -0.3 is 14.6 Å². The summed E-state index contributed by atoms with van der Waals surface area (Å²) in [6.45, 7) is 4.07. The highest BCUT2D eigenvalue weighted by Gasteiger charge is 2.16. The molecule has 0 aliphatic carbocycles. The highest BCUT2D eigenvalue weighted by molar-refractivity contribution is 7.92. The van der Waals surface area contributed by atoms with E-state index in [4.69, 9.17) is 9.26 Å². The maximum absolute atomic E-state index is 12.4. The minimum Gasteiger partial charge on any atom is -0.493 e. The van der Waals surface area contributed by atoms with Gasteiger partial charge in [-0.25, -0.2) is 8.42 Å². The van der Waals surface area contributed by atoms with Crippen LogP contribution in [0.2, 0.25) is 0 Å². The Labute approximate surface area is 174 Å². The van der Waals surface area contributed by atoms with Crippen LogP contribution in [0, 0.1) is 6.92 Å². The topological polar surface area (TPSA) is 111 Å². The lowest BCUT2D eigenvalue weighted by atomic mass is 10.2. The summed E-state index contributed by atoms with van der Waals surface area (Å²) in [5.41, 5.74) is 1.24. The van der Waals surface area contributed by atoms with Crippen molar-refractivity contribution in [2.45, 2.75) is 18.7 Å². The Morgan fingerprint density at radius 3 is 2.57 bits per heavy atom. The summed E-state index contributed by atoms with van der Waals surface area (Å²) in [6.07, 6.45) is 3.04. The zero-order chi connectivity index (χ0) is 21.6. The quantitative estimate of drug-likeness (QED) is 0.529. The van der Waals surface area contributed by atoms with Crippen molar-refractivity contribution in [3.8, 4) is 5.75 Å². The highest BCUT2D eigenvalue weighted by Crippen LogP contribution is 2.20. The van der Waals surface area contributed by atoms with Crippen LogP contribution in [0.1, 0.15) is 18.2 Å². The molecule has 0 saturated carbocycles. The van der Waals surface area contributed by atoms with Gasteiger partial charge in [-0.05, 0) is 50.3 Å². The average Bonchev–Trinajstić information content (AvgIpc) is 3.12. The number of aryl methyl sites for hydroxylation is 1. The van der Waals surface area contributed by atoms with E-state index in [-0.39, 0.29) is 16.6 Å². The van der Waals surface area contributed by atoms with Crippen LogP contribution in [0.25, 0.3) is 6.08 Å². The molecular weight excluding hydrogens is 406 g/mol. The van der Waals surface area contributed by atoms with Crippen LogP contribution in [-0.4, -0.2) is 26.1 Å². The number of nitrogens with one attached hydrogen (secondary N) is 2. The number of sulfonamides is 1. The number of para-hydroxylation sites is 1. The number of anilines is 2. The summed E-state index contributed by atoms with van der Waals surface area (Å²) in [7, 11) is -3.81. The van der Waals surface area contributed by atoms with Crippen molar-refractivity contribution < 1.29 is 22.5 Å².